The van der Waals surface area contributed by atoms with Gasteiger partial charge in [-0.1, -0.05) is 59.3 Å². The number of nitrogens with zero attached hydrogens (tertiary/aromatic N) is 4. The fraction of sp³-hybridized carbons (Fsp3) is 0.158. The summed E-state index contributed by atoms with van der Waals surface area (Å²) in [7, 11) is 0. The Kier molecular flexibility index (Phi) is 6.26. The van der Waals surface area contributed by atoms with Crippen LogP contribution in [0.5, 0.6) is 0 Å². The third-order valence-corrected chi connectivity index (χ3v) is 4.97. The number of hydrogen-bond donors (Lipinski definition) is 1. The zero-order valence-electron chi connectivity index (χ0n) is 14.7. The lowest BCUT2D eigenvalue weighted by Crippen LogP contribution is -2.15. The molecule has 0 aliphatic heterocycles. The van der Waals surface area contributed by atoms with Gasteiger partial charge in [0.2, 0.25) is 5.91 Å². The molecule has 138 valence electrons. The van der Waals surface area contributed by atoms with E-state index in [1.54, 1.807) is 24.4 Å². The number of nitrogens with one attached hydrogen (secondary N) is 1. The van der Waals surface area contributed by atoms with E-state index >= 15 is 0 Å². The van der Waals surface area contributed by atoms with Gasteiger partial charge in [-0.15, -0.1) is 16.8 Å². The van der Waals surface area contributed by atoms with Crippen molar-refractivity contribution in [2.24, 2.45) is 0 Å². The van der Waals surface area contributed by atoms with Crippen molar-refractivity contribution in [1.29, 1.82) is 0 Å². The molecule has 0 aliphatic carbocycles. The van der Waals surface area contributed by atoms with Crippen LogP contribution in [-0.2, 0) is 11.3 Å². The predicted octanol–water partition coefficient (Wildman–Crippen LogP) is 4.22. The zero-order valence-corrected chi connectivity index (χ0v) is 16.3. The van der Waals surface area contributed by atoms with E-state index in [0.717, 1.165) is 11.4 Å². The number of benzene rings is 1. The molecule has 2 aromatic heterocycles. The molecule has 3 rings (SSSR count). The number of thioether (sulfide) groups is 1. The Morgan fingerprint density at radius 3 is 2.78 bits per heavy atom. The number of aryl methyl sites for hydroxylation is 1. The van der Waals surface area contributed by atoms with Crippen molar-refractivity contribution in [2.75, 3.05) is 11.1 Å². The SMILES string of the molecule is C=CCn1c(SCC(=O)Nc2cccnc2Cl)nnc1-c1ccc(C)cc1. The topological polar surface area (TPSA) is 72.7 Å². The number of amides is 1. The summed E-state index contributed by atoms with van der Waals surface area (Å²) < 4.78 is 1.94. The van der Waals surface area contributed by atoms with Gasteiger partial charge in [-0.25, -0.2) is 4.98 Å². The van der Waals surface area contributed by atoms with Crippen molar-refractivity contribution < 1.29 is 4.79 Å². The second-order valence-corrected chi connectivity index (χ2v) is 7.05. The van der Waals surface area contributed by atoms with Crippen LogP contribution in [0.15, 0.2) is 60.4 Å². The first-order valence-electron chi connectivity index (χ1n) is 8.23. The van der Waals surface area contributed by atoms with Gasteiger partial charge in [-0.2, -0.15) is 0 Å². The summed E-state index contributed by atoms with van der Waals surface area (Å²) in [6.45, 7) is 6.38. The summed E-state index contributed by atoms with van der Waals surface area (Å²) in [5.74, 6) is 0.724. The highest BCUT2D eigenvalue weighted by molar-refractivity contribution is 7.99. The Morgan fingerprint density at radius 1 is 1.30 bits per heavy atom. The Balaban J connectivity index is 1.73. The Labute approximate surface area is 166 Å². The van der Waals surface area contributed by atoms with Crippen LogP contribution in [0.2, 0.25) is 5.15 Å². The normalized spacial score (nSPS) is 10.6. The molecule has 0 bridgehead atoms. The predicted molar refractivity (Wildman–Crippen MR) is 109 cm³/mol. The Bertz CT molecular complexity index is 955. The summed E-state index contributed by atoms with van der Waals surface area (Å²) in [4.78, 5) is 16.2. The molecule has 0 unspecified atom stereocenters. The fourth-order valence-corrected chi connectivity index (χ4v) is 3.32. The third-order valence-electron chi connectivity index (χ3n) is 3.70. The number of halogens is 1. The van der Waals surface area contributed by atoms with Gasteiger partial charge in [0.25, 0.3) is 0 Å². The maximum Gasteiger partial charge on any atom is 0.234 e. The smallest absolute Gasteiger partial charge is 0.234 e. The monoisotopic (exact) mass is 399 g/mol. The largest absolute Gasteiger partial charge is 0.323 e. The molecule has 0 spiro atoms. The van der Waals surface area contributed by atoms with Gasteiger partial charge in [0.15, 0.2) is 16.1 Å². The maximum atomic E-state index is 12.2. The van der Waals surface area contributed by atoms with E-state index < -0.39 is 0 Å². The fourth-order valence-electron chi connectivity index (χ4n) is 2.40. The lowest BCUT2D eigenvalue weighted by molar-refractivity contribution is -0.113. The molecule has 0 fully saturated rings. The van der Waals surface area contributed by atoms with E-state index in [-0.39, 0.29) is 16.8 Å². The van der Waals surface area contributed by atoms with Gasteiger partial charge in [0.05, 0.1) is 11.4 Å². The van der Waals surface area contributed by atoms with E-state index in [2.05, 4.69) is 27.1 Å². The average molecular weight is 400 g/mol. The molecule has 0 atom stereocenters. The van der Waals surface area contributed by atoms with Crippen molar-refractivity contribution in [3.8, 4) is 11.4 Å². The molecule has 1 amide bonds. The highest BCUT2D eigenvalue weighted by Gasteiger charge is 2.15. The van der Waals surface area contributed by atoms with Gasteiger partial charge in [-0.3, -0.25) is 9.36 Å². The lowest BCUT2D eigenvalue weighted by Gasteiger charge is -2.09. The van der Waals surface area contributed by atoms with Gasteiger partial charge in [-0.05, 0) is 19.1 Å². The van der Waals surface area contributed by atoms with Crippen molar-refractivity contribution >= 4 is 35.0 Å². The summed E-state index contributed by atoms with van der Waals surface area (Å²) in [6, 6.07) is 11.5. The quantitative estimate of drug-likeness (QED) is 0.366. The minimum absolute atomic E-state index is 0.175. The van der Waals surface area contributed by atoms with Crippen LogP contribution in [0.25, 0.3) is 11.4 Å². The van der Waals surface area contributed by atoms with E-state index in [0.29, 0.717) is 17.4 Å². The molecule has 0 radical (unpaired) electrons. The van der Waals surface area contributed by atoms with E-state index in [9.17, 15) is 4.79 Å². The van der Waals surface area contributed by atoms with Crippen LogP contribution in [0.1, 0.15) is 5.56 Å². The van der Waals surface area contributed by atoms with Gasteiger partial charge in [0.1, 0.15) is 0 Å². The number of rotatable bonds is 7. The van der Waals surface area contributed by atoms with Crippen LogP contribution in [-0.4, -0.2) is 31.4 Å². The van der Waals surface area contributed by atoms with Crippen LogP contribution in [0, 0.1) is 6.92 Å². The number of carbonyl (C=O) groups excluding carboxylic acids is 1. The van der Waals surface area contributed by atoms with Crippen LogP contribution < -0.4 is 5.32 Å². The van der Waals surface area contributed by atoms with Crippen molar-refractivity contribution in [3.05, 3.63) is 66.0 Å². The van der Waals surface area contributed by atoms with E-state index in [1.165, 1.54) is 17.3 Å². The molecule has 2 heterocycles. The van der Waals surface area contributed by atoms with Crippen LogP contribution in [0.4, 0.5) is 5.69 Å². The Morgan fingerprint density at radius 2 is 2.07 bits per heavy atom. The number of carbonyl (C=O) groups is 1. The molecule has 27 heavy (non-hydrogen) atoms. The van der Waals surface area contributed by atoms with Crippen molar-refractivity contribution in [1.82, 2.24) is 19.7 Å². The van der Waals surface area contributed by atoms with Crippen LogP contribution in [0.3, 0.4) is 0 Å². The first-order valence-corrected chi connectivity index (χ1v) is 9.59. The standard InChI is InChI=1S/C19H18ClN5OS/c1-3-11-25-18(14-8-6-13(2)7-9-14)23-24-19(25)27-12-16(26)22-15-5-4-10-21-17(15)20/h3-10H,1,11-12H2,2H3,(H,22,26). The molecule has 6 nitrogen and oxygen atoms in total. The number of hydrogen-bond acceptors (Lipinski definition) is 5. The van der Waals surface area contributed by atoms with Crippen molar-refractivity contribution in [3.63, 3.8) is 0 Å². The second kappa shape index (κ2) is 8.83. The Hall–Kier alpha value is -2.64. The van der Waals surface area contributed by atoms with Gasteiger partial charge < -0.3 is 5.32 Å². The van der Waals surface area contributed by atoms with Gasteiger partial charge in [0, 0.05) is 18.3 Å². The molecular formula is C19H18ClN5OS. The summed E-state index contributed by atoms with van der Waals surface area (Å²) >= 11 is 7.27. The highest BCUT2D eigenvalue weighted by atomic mass is 35.5. The van der Waals surface area contributed by atoms with E-state index in [1.807, 2.05) is 35.8 Å². The summed E-state index contributed by atoms with van der Waals surface area (Å²) in [5, 5.41) is 12.2. The molecule has 0 saturated carbocycles. The van der Waals surface area contributed by atoms with Gasteiger partial charge >= 0.3 is 0 Å². The minimum atomic E-state index is -0.195. The number of allylic oxidation sites excluding steroid dienone is 1. The molecule has 0 saturated heterocycles. The highest BCUT2D eigenvalue weighted by Crippen LogP contribution is 2.25. The lowest BCUT2D eigenvalue weighted by atomic mass is 10.1. The average Bonchev–Trinajstić information content (AvgIpc) is 3.06. The molecule has 3 aromatic rings. The maximum absolute atomic E-state index is 12.2. The number of anilines is 1. The summed E-state index contributed by atoms with van der Waals surface area (Å²) in [5.41, 5.74) is 2.62. The number of pyridine rings is 1. The molecule has 1 N–H and O–H groups in total. The minimum Gasteiger partial charge on any atom is -0.323 e. The second-order valence-electron chi connectivity index (χ2n) is 5.75. The molecule has 0 aliphatic rings. The van der Waals surface area contributed by atoms with Crippen LogP contribution >= 0.6 is 23.4 Å². The first-order chi connectivity index (χ1) is 13.1. The molecule has 8 heteroatoms. The number of aromatic nitrogens is 4. The summed E-state index contributed by atoms with van der Waals surface area (Å²) in [6.07, 6.45) is 3.34. The third kappa shape index (κ3) is 4.75. The molecule has 1 aromatic carbocycles. The zero-order chi connectivity index (χ0) is 19.2. The van der Waals surface area contributed by atoms with Crippen molar-refractivity contribution in [2.45, 2.75) is 18.6 Å². The van der Waals surface area contributed by atoms with E-state index in [4.69, 9.17) is 11.6 Å². The first kappa shape index (κ1) is 19.1. The molecular weight excluding hydrogens is 382 g/mol.